The van der Waals surface area contributed by atoms with Gasteiger partial charge >= 0.3 is 0 Å². The smallest absolute Gasteiger partial charge is 0.146 e. The summed E-state index contributed by atoms with van der Waals surface area (Å²) in [6.45, 7) is 10.6. The van der Waals surface area contributed by atoms with Crippen LogP contribution >= 0.6 is 0 Å². The molecule has 2 fully saturated rings. The first-order valence-electron chi connectivity index (χ1n) is 9.02. The third-order valence-electron chi connectivity index (χ3n) is 4.06. The number of piperidine rings is 1. The van der Waals surface area contributed by atoms with E-state index in [0.29, 0.717) is 13.6 Å². The molecule has 0 radical (unpaired) electrons. The molecule has 0 atom stereocenters. The number of hydrogen-bond donors (Lipinski definition) is 0. The zero-order chi connectivity index (χ0) is 17.3. The summed E-state index contributed by atoms with van der Waals surface area (Å²) < 4.78 is 25.2. The lowest BCUT2D eigenvalue weighted by atomic mass is 10.1. The molecule has 0 aromatic rings. The number of hydrogen-bond acceptors (Lipinski definition) is 7. The Morgan fingerprint density at radius 2 is 1.21 bits per heavy atom. The molecule has 0 spiro atoms. The van der Waals surface area contributed by atoms with E-state index in [9.17, 15) is 0 Å². The van der Waals surface area contributed by atoms with E-state index in [1.54, 1.807) is 14.2 Å². The van der Waals surface area contributed by atoms with Crippen molar-refractivity contribution in [2.45, 2.75) is 19.3 Å². The SMILES string of the molecule is COCOCCN1CCCCC1.COCOCCN1CCOCC1. The highest BCUT2D eigenvalue weighted by Gasteiger charge is 2.09. The van der Waals surface area contributed by atoms with Gasteiger partial charge in [-0.3, -0.25) is 4.90 Å². The van der Waals surface area contributed by atoms with Crippen molar-refractivity contribution >= 4 is 0 Å². The van der Waals surface area contributed by atoms with Crippen molar-refractivity contribution < 1.29 is 23.7 Å². The molecular formula is C17H36N2O5. The molecule has 24 heavy (non-hydrogen) atoms. The highest BCUT2D eigenvalue weighted by atomic mass is 16.7. The number of morpholine rings is 1. The van der Waals surface area contributed by atoms with Crippen molar-refractivity contribution in [3.63, 3.8) is 0 Å². The Labute approximate surface area is 147 Å². The molecule has 0 bridgehead atoms. The standard InChI is InChI=1S/C9H19NO2.C8H17NO3/c1-11-9-12-8-7-10-5-3-2-4-6-10;1-10-8-12-7-4-9-2-5-11-6-3-9/h2-9H2,1H3;2-8H2,1H3. The molecule has 0 aromatic heterocycles. The maximum Gasteiger partial charge on any atom is 0.146 e. The number of rotatable bonds is 10. The van der Waals surface area contributed by atoms with Crippen LogP contribution in [-0.2, 0) is 23.7 Å². The van der Waals surface area contributed by atoms with E-state index in [1.807, 2.05) is 0 Å². The van der Waals surface area contributed by atoms with Crippen molar-refractivity contribution in [2.24, 2.45) is 0 Å². The molecule has 0 N–H and O–H groups in total. The van der Waals surface area contributed by atoms with E-state index >= 15 is 0 Å². The van der Waals surface area contributed by atoms with Crippen molar-refractivity contribution in [2.75, 3.05) is 93.5 Å². The van der Waals surface area contributed by atoms with Crippen LogP contribution in [0.5, 0.6) is 0 Å². The highest BCUT2D eigenvalue weighted by Crippen LogP contribution is 2.07. The average molecular weight is 348 g/mol. The van der Waals surface area contributed by atoms with E-state index in [1.165, 1.54) is 32.4 Å². The second-order valence-corrected chi connectivity index (χ2v) is 5.99. The van der Waals surface area contributed by atoms with Gasteiger partial charge in [-0.25, -0.2) is 0 Å². The molecule has 2 rings (SSSR count). The molecule has 2 saturated heterocycles. The molecule has 2 heterocycles. The number of methoxy groups -OCH3 is 2. The number of ether oxygens (including phenoxy) is 5. The van der Waals surface area contributed by atoms with Gasteiger partial charge in [0.05, 0.1) is 26.4 Å². The maximum absolute atomic E-state index is 5.22. The fraction of sp³-hybridized carbons (Fsp3) is 1.00. The van der Waals surface area contributed by atoms with Gasteiger partial charge in [-0.15, -0.1) is 0 Å². The summed E-state index contributed by atoms with van der Waals surface area (Å²) in [6, 6.07) is 0. The van der Waals surface area contributed by atoms with E-state index in [2.05, 4.69) is 9.80 Å². The first-order chi connectivity index (χ1) is 11.9. The number of likely N-dealkylation sites (tertiary alicyclic amines) is 1. The van der Waals surface area contributed by atoms with Crippen LogP contribution in [-0.4, -0.2) is 103 Å². The van der Waals surface area contributed by atoms with Crippen LogP contribution in [0.2, 0.25) is 0 Å². The summed E-state index contributed by atoms with van der Waals surface area (Å²) in [5.41, 5.74) is 0. The molecule has 7 heteroatoms. The largest absolute Gasteiger partial charge is 0.379 e. The minimum absolute atomic E-state index is 0.393. The van der Waals surface area contributed by atoms with Crippen LogP contribution in [0.1, 0.15) is 19.3 Å². The lowest BCUT2D eigenvalue weighted by molar-refractivity contribution is -0.0446. The normalized spacial score (nSPS) is 19.8. The first kappa shape index (κ1) is 21.8. The first-order valence-corrected chi connectivity index (χ1v) is 9.02. The lowest BCUT2D eigenvalue weighted by Crippen LogP contribution is -2.38. The van der Waals surface area contributed by atoms with E-state index in [-0.39, 0.29) is 0 Å². The van der Waals surface area contributed by atoms with Crippen molar-refractivity contribution in [1.82, 2.24) is 9.80 Å². The minimum atomic E-state index is 0.393. The Morgan fingerprint density at radius 1 is 0.708 bits per heavy atom. The van der Waals surface area contributed by atoms with Gasteiger partial charge in [0.2, 0.25) is 0 Å². The molecule has 144 valence electrons. The van der Waals surface area contributed by atoms with Gasteiger partial charge in [0.1, 0.15) is 13.6 Å². The molecular weight excluding hydrogens is 312 g/mol. The minimum Gasteiger partial charge on any atom is -0.379 e. The molecule has 2 aliphatic heterocycles. The Morgan fingerprint density at radius 3 is 1.71 bits per heavy atom. The average Bonchev–Trinajstić information content (AvgIpc) is 2.65. The van der Waals surface area contributed by atoms with Crippen LogP contribution in [0.15, 0.2) is 0 Å². The summed E-state index contributed by atoms with van der Waals surface area (Å²) >= 11 is 0. The van der Waals surface area contributed by atoms with Gasteiger partial charge in [-0.2, -0.15) is 0 Å². The predicted molar refractivity (Wildman–Crippen MR) is 93.2 cm³/mol. The van der Waals surface area contributed by atoms with E-state index in [0.717, 1.165) is 52.6 Å². The van der Waals surface area contributed by atoms with Crippen molar-refractivity contribution in [1.29, 1.82) is 0 Å². The summed E-state index contributed by atoms with van der Waals surface area (Å²) in [7, 11) is 3.29. The van der Waals surface area contributed by atoms with Crippen LogP contribution < -0.4 is 0 Å². The van der Waals surface area contributed by atoms with E-state index in [4.69, 9.17) is 23.7 Å². The lowest BCUT2D eigenvalue weighted by Gasteiger charge is -2.26. The maximum atomic E-state index is 5.22. The van der Waals surface area contributed by atoms with Gasteiger partial charge in [0, 0.05) is 40.4 Å². The van der Waals surface area contributed by atoms with Crippen molar-refractivity contribution in [3.8, 4) is 0 Å². The molecule has 2 aliphatic rings. The van der Waals surface area contributed by atoms with Crippen LogP contribution in [0.4, 0.5) is 0 Å². The van der Waals surface area contributed by atoms with Crippen LogP contribution in [0, 0.1) is 0 Å². The Bertz CT molecular complexity index is 233. The monoisotopic (exact) mass is 348 g/mol. The van der Waals surface area contributed by atoms with Gasteiger partial charge in [0.15, 0.2) is 0 Å². The van der Waals surface area contributed by atoms with Gasteiger partial charge in [0.25, 0.3) is 0 Å². The third-order valence-corrected chi connectivity index (χ3v) is 4.06. The second-order valence-electron chi connectivity index (χ2n) is 5.99. The van der Waals surface area contributed by atoms with Gasteiger partial charge < -0.3 is 28.6 Å². The summed E-state index contributed by atoms with van der Waals surface area (Å²) in [5, 5.41) is 0. The summed E-state index contributed by atoms with van der Waals surface area (Å²) in [6.07, 6.45) is 4.10. The van der Waals surface area contributed by atoms with Crippen LogP contribution in [0.25, 0.3) is 0 Å². The second kappa shape index (κ2) is 16.2. The quantitative estimate of drug-likeness (QED) is 0.432. The summed E-state index contributed by atoms with van der Waals surface area (Å²) in [4.78, 5) is 4.79. The zero-order valence-corrected chi connectivity index (χ0v) is 15.5. The molecule has 0 aromatic carbocycles. The Hall–Kier alpha value is -0.280. The van der Waals surface area contributed by atoms with E-state index < -0.39 is 0 Å². The molecule has 7 nitrogen and oxygen atoms in total. The third kappa shape index (κ3) is 12.1. The predicted octanol–water partition coefficient (Wildman–Crippen LogP) is 1.03. The fourth-order valence-electron chi connectivity index (χ4n) is 2.68. The molecule has 0 unspecified atom stereocenters. The van der Waals surface area contributed by atoms with Gasteiger partial charge in [-0.05, 0) is 25.9 Å². The number of nitrogens with zero attached hydrogens (tertiary/aromatic N) is 2. The Kier molecular flexibility index (Phi) is 14.7. The zero-order valence-electron chi connectivity index (χ0n) is 15.5. The Balaban J connectivity index is 0.000000240. The van der Waals surface area contributed by atoms with Crippen molar-refractivity contribution in [3.05, 3.63) is 0 Å². The molecule has 0 aliphatic carbocycles. The highest BCUT2D eigenvalue weighted by molar-refractivity contribution is 4.63. The fourth-order valence-corrected chi connectivity index (χ4v) is 2.68. The molecule has 0 amide bonds. The molecule has 0 saturated carbocycles. The van der Waals surface area contributed by atoms with Gasteiger partial charge in [-0.1, -0.05) is 6.42 Å². The summed E-state index contributed by atoms with van der Waals surface area (Å²) in [5.74, 6) is 0. The topological polar surface area (TPSA) is 52.6 Å². The van der Waals surface area contributed by atoms with Crippen LogP contribution in [0.3, 0.4) is 0 Å².